The van der Waals surface area contributed by atoms with Crippen LogP contribution in [0.2, 0.25) is 0 Å². The van der Waals surface area contributed by atoms with Crippen molar-refractivity contribution in [2.24, 2.45) is 0 Å². The number of phenols is 1. The van der Waals surface area contributed by atoms with Crippen molar-refractivity contribution in [3.63, 3.8) is 0 Å². The molecule has 1 aromatic rings. The smallest absolute Gasteiger partial charge is 0.313 e. The molecule has 3 nitrogen and oxygen atoms in total. The highest BCUT2D eigenvalue weighted by molar-refractivity contribution is 5.78. The van der Waals surface area contributed by atoms with Gasteiger partial charge in [-0.2, -0.15) is 0 Å². The molecule has 1 atom stereocenters. The van der Waals surface area contributed by atoms with Gasteiger partial charge in [-0.15, -0.1) is 0 Å². The van der Waals surface area contributed by atoms with Gasteiger partial charge in [0.1, 0.15) is 5.75 Å². The molecule has 160 valence electrons. The first-order chi connectivity index (χ1) is 12.9. The topological polar surface area (TPSA) is 46.5 Å². The normalized spacial score (nSPS) is 13.4. The summed E-state index contributed by atoms with van der Waals surface area (Å²) in [6.45, 7) is 17.2. The fourth-order valence-corrected chi connectivity index (χ4v) is 3.52. The van der Waals surface area contributed by atoms with E-state index >= 15 is 0 Å². The molecule has 0 bridgehead atoms. The molecule has 28 heavy (non-hydrogen) atoms. The number of unbranched alkanes of at least 4 members (excludes halogenated alkanes) is 5. The van der Waals surface area contributed by atoms with Crippen molar-refractivity contribution in [2.75, 3.05) is 6.61 Å². The molecule has 1 aromatic carbocycles. The Labute approximate surface area is 172 Å². The zero-order valence-corrected chi connectivity index (χ0v) is 19.4. The second-order valence-corrected chi connectivity index (χ2v) is 10.1. The maximum atomic E-state index is 12.7. The summed E-state index contributed by atoms with van der Waals surface area (Å²) in [5.41, 5.74) is 2.46. The van der Waals surface area contributed by atoms with Crippen molar-refractivity contribution in [3.8, 4) is 5.75 Å². The van der Waals surface area contributed by atoms with Crippen molar-refractivity contribution in [1.29, 1.82) is 0 Å². The number of hydrogen-bond donors (Lipinski definition) is 1. The molecule has 0 aliphatic rings. The molecule has 0 fully saturated rings. The molecule has 0 heterocycles. The Morgan fingerprint density at radius 1 is 0.929 bits per heavy atom. The highest BCUT2D eigenvalue weighted by Crippen LogP contribution is 2.39. The molecule has 0 radical (unpaired) electrons. The highest BCUT2D eigenvalue weighted by atomic mass is 16.5. The zero-order valence-electron chi connectivity index (χ0n) is 19.4. The third-order valence-corrected chi connectivity index (χ3v) is 5.35. The minimum atomic E-state index is -0.351. The monoisotopic (exact) mass is 390 g/mol. The van der Waals surface area contributed by atoms with Crippen molar-refractivity contribution in [3.05, 3.63) is 28.8 Å². The van der Waals surface area contributed by atoms with Crippen LogP contribution in [0.15, 0.2) is 12.1 Å². The first-order valence-electron chi connectivity index (χ1n) is 10.9. The van der Waals surface area contributed by atoms with E-state index in [0.717, 1.165) is 29.5 Å². The number of benzene rings is 1. The summed E-state index contributed by atoms with van der Waals surface area (Å²) in [7, 11) is 0. The van der Waals surface area contributed by atoms with Gasteiger partial charge in [-0.3, -0.25) is 4.79 Å². The van der Waals surface area contributed by atoms with Gasteiger partial charge < -0.3 is 9.84 Å². The number of aromatic hydroxyl groups is 1. The number of esters is 1. The SMILES string of the molecule is CCCCCCCCOC(=O)C(C)c1cc(C(C)(C)C)c(O)cc1C(C)(C)C. The van der Waals surface area contributed by atoms with Gasteiger partial charge in [0.2, 0.25) is 0 Å². The summed E-state index contributed by atoms with van der Waals surface area (Å²) in [6, 6.07) is 3.85. The summed E-state index contributed by atoms with van der Waals surface area (Å²) < 4.78 is 5.59. The van der Waals surface area contributed by atoms with Crippen molar-refractivity contribution < 1.29 is 14.6 Å². The van der Waals surface area contributed by atoms with E-state index in [-0.39, 0.29) is 22.7 Å². The summed E-state index contributed by atoms with van der Waals surface area (Å²) in [4.78, 5) is 12.7. The average molecular weight is 391 g/mol. The van der Waals surface area contributed by atoms with Gasteiger partial charge in [-0.05, 0) is 46.9 Å². The second-order valence-electron chi connectivity index (χ2n) is 10.1. The summed E-state index contributed by atoms with van der Waals surface area (Å²) in [5.74, 6) is -0.227. The van der Waals surface area contributed by atoms with Crippen molar-refractivity contribution in [1.82, 2.24) is 0 Å². The minimum Gasteiger partial charge on any atom is -0.508 e. The first kappa shape index (κ1) is 24.5. The lowest BCUT2D eigenvalue weighted by atomic mass is 9.76. The Hall–Kier alpha value is -1.51. The van der Waals surface area contributed by atoms with Gasteiger partial charge >= 0.3 is 5.97 Å². The standard InChI is InChI=1S/C25H42O3/c1-9-10-11-12-13-14-15-28-23(27)18(2)19-16-21(25(6,7)8)22(26)17-20(19)24(3,4)5/h16-18,26H,9-15H2,1-8H3. The first-order valence-corrected chi connectivity index (χ1v) is 10.9. The lowest BCUT2D eigenvalue weighted by Gasteiger charge is -2.29. The number of carbonyl (C=O) groups is 1. The molecule has 0 saturated heterocycles. The number of rotatable bonds is 9. The summed E-state index contributed by atoms with van der Waals surface area (Å²) in [6.07, 6.45) is 7.04. The Bertz CT molecular complexity index is 632. The number of ether oxygens (including phenoxy) is 1. The predicted octanol–water partition coefficient (Wildman–Crippen LogP) is 6.99. The Morgan fingerprint density at radius 3 is 2.00 bits per heavy atom. The third kappa shape index (κ3) is 7.14. The van der Waals surface area contributed by atoms with Crippen LogP contribution in [0.4, 0.5) is 0 Å². The van der Waals surface area contributed by atoms with Crippen LogP contribution < -0.4 is 0 Å². The average Bonchev–Trinajstić information content (AvgIpc) is 2.58. The fourth-order valence-electron chi connectivity index (χ4n) is 3.52. The lowest BCUT2D eigenvalue weighted by Crippen LogP contribution is -2.22. The van der Waals surface area contributed by atoms with Crippen LogP contribution in [-0.4, -0.2) is 17.7 Å². The number of carbonyl (C=O) groups excluding carboxylic acids is 1. The van der Waals surface area contributed by atoms with Gasteiger partial charge in [-0.25, -0.2) is 0 Å². The van der Waals surface area contributed by atoms with Crippen LogP contribution in [0, 0.1) is 0 Å². The summed E-state index contributed by atoms with van der Waals surface area (Å²) >= 11 is 0. The van der Waals surface area contributed by atoms with Gasteiger partial charge in [0.05, 0.1) is 12.5 Å². The van der Waals surface area contributed by atoms with E-state index in [1.807, 2.05) is 19.1 Å². The third-order valence-electron chi connectivity index (χ3n) is 5.35. The minimum absolute atomic E-state index is 0.170. The van der Waals surface area contributed by atoms with Crippen LogP contribution in [-0.2, 0) is 20.4 Å². The van der Waals surface area contributed by atoms with E-state index in [2.05, 4.69) is 48.5 Å². The predicted molar refractivity (Wildman–Crippen MR) is 118 cm³/mol. The number of hydrogen-bond acceptors (Lipinski definition) is 3. The van der Waals surface area contributed by atoms with Crippen LogP contribution in [0.3, 0.4) is 0 Å². The van der Waals surface area contributed by atoms with Crippen molar-refractivity contribution >= 4 is 5.97 Å². The quantitative estimate of drug-likeness (QED) is 0.365. The van der Waals surface area contributed by atoms with Gasteiger partial charge in [0.15, 0.2) is 0 Å². The van der Waals surface area contributed by atoms with Gasteiger partial charge in [0, 0.05) is 0 Å². The van der Waals surface area contributed by atoms with Crippen LogP contribution >= 0.6 is 0 Å². The van der Waals surface area contributed by atoms with E-state index in [1.165, 1.54) is 25.7 Å². The largest absolute Gasteiger partial charge is 0.508 e. The molecular formula is C25H42O3. The van der Waals surface area contributed by atoms with Crippen molar-refractivity contribution in [2.45, 2.75) is 111 Å². The molecule has 0 spiro atoms. The van der Waals surface area contributed by atoms with E-state index in [0.29, 0.717) is 12.4 Å². The molecular weight excluding hydrogens is 348 g/mol. The van der Waals surface area contributed by atoms with Gasteiger partial charge in [-0.1, -0.05) is 86.6 Å². The molecule has 0 amide bonds. The fraction of sp³-hybridized carbons (Fsp3) is 0.720. The molecule has 0 saturated carbocycles. The Kier molecular flexibility index (Phi) is 9.04. The molecule has 0 aliphatic heterocycles. The maximum absolute atomic E-state index is 12.7. The molecule has 0 aliphatic carbocycles. The highest BCUT2D eigenvalue weighted by Gasteiger charge is 2.29. The summed E-state index contributed by atoms with van der Waals surface area (Å²) in [5, 5.41) is 10.6. The van der Waals surface area contributed by atoms with E-state index < -0.39 is 0 Å². The van der Waals surface area contributed by atoms with E-state index in [4.69, 9.17) is 4.74 Å². The van der Waals surface area contributed by atoms with E-state index in [9.17, 15) is 9.90 Å². The lowest BCUT2D eigenvalue weighted by molar-refractivity contribution is -0.145. The van der Waals surface area contributed by atoms with Gasteiger partial charge in [0.25, 0.3) is 0 Å². The van der Waals surface area contributed by atoms with Crippen LogP contribution in [0.1, 0.15) is 117 Å². The molecule has 1 rings (SSSR count). The molecule has 3 heteroatoms. The Balaban J connectivity index is 2.92. The maximum Gasteiger partial charge on any atom is 0.313 e. The van der Waals surface area contributed by atoms with Crippen LogP contribution in [0.5, 0.6) is 5.75 Å². The second kappa shape index (κ2) is 10.3. The van der Waals surface area contributed by atoms with Crippen LogP contribution in [0.25, 0.3) is 0 Å². The Morgan fingerprint density at radius 2 is 1.46 bits per heavy atom. The van der Waals surface area contributed by atoms with E-state index in [1.54, 1.807) is 0 Å². The molecule has 1 N–H and O–H groups in total. The molecule has 1 unspecified atom stereocenters. The molecule has 0 aromatic heterocycles. The number of phenolic OH excluding ortho intramolecular Hbond substituents is 1. The zero-order chi connectivity index (χ0) is 21.5.